The van der Waals surface area contributed by atoms with Gasteiger partial charge in [0.25, 0.3) is 0 Å². The van der Waals surface area contributed by atoms with Crippen molar-refractivity contribution >= 4 is 11.8 Å². The summed E-state index contributed by atoms with van der Waals surface area (Å²) >= 11 is 0. The maximum Gasteiger partial charge on any atom is 0.425 e. The molecule has 2 heterocycles. The van der Waals surface area contributed by atoms with E-state index in [-0.39, 0.29) is 18.4 Å². The third-order valence-electron chi connectivity index (χ3n) is 4.43. The average Bonchev–Trinajstić information content (AvgIpc) is 3.13. The Labute approximate surface area is 149 Å². The number of imidazole rings is 1. The van der Waals surface area contributed by atoms with E-state index in [1.165, 1.54) is 13.2 Å². The molecule has 2 N–H and O–H groups in total. The van der Waals surface area contributed by atoms with E-state index in [0.29, 0.717) is 19.5 Å². The van der Waals surface area contributed by atoms with Crippen LogP contribution in [0.2, 0.25) is 0 Å². The van der Waals surface area contributed by atoms with Crippen LogP contribution in [-0.4, -0.2) is 57.2 Å². The summed E-state index contributed by atoms with van der Waals surface area (Å²) in [5, 5.41) is 12.6. The zero-order valence-electron chi connectivity index (χ0n) is 14.7. The fraction of sp³-hybridized carbons (Fsp3) is 0.688. The topological polar surface area (TPSA) is 87.5 Å². The number of aromatic nitrogens is 2. The van der Waals surface area contributed by atoms with Gasteiger partial charge in [0.2, 0.25) is 17.4 Å². The number of hydrogen-bond acceptors (Lipinski definition) is 4. The lowest BCUT2D eigenvalue weighted by Crippen LogP contribution is -2.48. The summed E-state index contributed by atoms with van der Waals surface area (Å²) in [5.41, 5.74) is -3.37. The second-order valence-corrected chi connectivity index (χ2v) is 6.75. The predicted molar refractivity (Wildman–Crippen MR) is 85.8 cm³/mol. The van der Waals surface area contributed by atoms with Crippen molar-refractivity contribution in [3.63, 3.8) is 0 Å². The molecule has 0 radical (unpaired) electrons. The lowest BCUT2D eigenvalue weighted by Gasteiger charge is -2.29. The molecule has 2 rings (SSSR count). The fourth-order valence-corrected chi connectivity index (χ4v) is 2.99. The number of hydrogen-bond donors (Lipinski definition) is 2. The Morgan fingerprint density at radius 2 is 2.15 bits per heavy atom. The van der Waals surface area contributed by atoms with Crippen LogP contribution in [-0.2, 0) is 22.2 Å². The van der Waals surface area contributed by atoms with Gasteiger partial charge >= 0.3 is 6.18 Å². The van der Waals surface area contributed by atoms with Crippen molar-refractivity contribution in [2.45, 2.75) is 38.0 Å². The Kier molecular flexibility index (Phi) is 5.94. The molecule has 1 aliphatic heterocycles. The number of likely N-dealkylation sites (tertiary alicyclic amines) is 1. The van der Waals surface area contributed by atoms with Crippen molar-refractivity contribution in [2.24, 2.45) is 13.0 Å². The van der Waals surface area contributed by atoms with Crippen molar-refractivity contribution in [1.82, 2.24) is 19.8 Å². The largest absolute Gasteiger partial charge is 0.425 e. The minimum Gasteiger partial charge on any atom is -0.374 e. The van der Waals surface area contributed by atoms with Crippen LogP contribution in [0.3, 0.4) is 0 Å². The van der Waals surface area contributed by atoms with Crippen molar-refractivity contribution in [3.05, 3.63) is 18.2 Å². The Balaban J connectivity index is 1.95. The summed E-state index contributed by atoms with van der Waals surface area (Å²) in [5.74, 6) is -1.65. The van der Waals surface area contributed by atoms with E-state index in [1.807, 2.05) is 0 Å². The Hall–Kier alpha value is -2.10. The SMILES string of the molecule is C[C@@H](CNC(=O)C[C@](O)(c1nccn1C)C(F)(F)F)CN1CCCC1=O. The lowest BCUT2D eigenvalue weighted by atomic mass is 9.97. The Morgan fingerprint density at radius 3 is 2.65 bits per heavy atom. The van der Waals surface area contributed by atoms with Crippen molar-refractivity contribution in [3.8, 4) is 0 Å². The number of carbonyl (C=O) groups excluding carboxylic acids is 2. The van der Waals surface area contributed by atoms with Crippen LogP contribution < -0.4 is 5.32 Å². The molecule has 10 heteroatoms. The first-order valence-corrected chi connectivity index (χ1v) is 8.36. The molecule has 2 amide bonds. The van der Waals surface area contributed by atoms with Gasteiger partial charge in [0, 0.05) is 45.5 Å². The first-order valence-electron chi connectivity index (χ1n) is 8.36. The summed E-state index contributed by atoms with van der Waals surface area (Å²) in [6, 6.07) is 0. The molecule has 7 nitrogen and oxygen atoms in total. The number of aryl methyl sites for hydroxylation is 1. The first kappa shape index (κ1) is 20.2. The summed E-state index contributed by atoms with van der Waals surface area (Å²) in [4.78, 5) is 28.8. The van der Waals surface area contributed by atoms with E-state index in [0.717, 1.165) is 17.2 Å². The molecule has 0 unspecified atom stereocenters. The molecule has 1 aliphatic rings. The third kappa shape index (κ3) is 4.35. The summed E-state index contributed by atoms with van der Waals surface area (Å²) < 4.78 is 41.2. The average molecular weight is 376 g/mol. The lowest BCUT2D eigenvalue weighted by molar-refractivity contribution is -0.271. The van der Waals surface area contributed by atoms with Gasteiger partial charge in [-0.3, -0.25) is 9.59 Å². The maximum atomic E-state index is 13.4. The van der Waals surface area contributed by atoms with Gasteiger partial charge in [-0.25, -0.2) is 4.98 Å². The second kappa shape index (κ2) is 7.65. The third-order valence-corrected chi connectivity index (χ3v) is 4.43. The van der Waals surface area contributed by atoms with Crippen LogP contribution in [0.4, 0.5) is 13.2 Å². The van der Waals surface area contributed by atoms with Crippen LogP contribution in [0.15, 0.2) is 12.4 Å². The minimum absolute atomic E-state index is 0.0457. The number of alkyl halides is 3. The maximum absolute atomic E-state index is 13.4. The Bertz CT molecular complexity index is 661. The molecule has 1 aromatic heterocycles. The highest BCUT2D eigenvalue weighted by Gasteiger charge is 2.58. The molecule has 1 fully saturated rings. The monoisotopic (exact) mass is 376 g/mol. The molecule has 0 aromatic carbocycles. The van der Waals surface area contributed by atoms with Gasteiger partial charge in [-0.15, -0.1) is 0 Å². The molecule has 1 aromatic rings. The molecule has 2 atom stereocenters. The number of aliphatic hydroxyl groups is 1. The standard InChI is InChI=1S/C16H23F3N4O3/c1-11(10-23-6-3-4-13(23)25)9-21-12(24)8-15(26,16(17,18)19)14-20-5-7-22(14)2/h5,7,11,26H,3-4,6,8-10H2,1-2H3,(H,21,24)/t11-,15-/m0/s1. The number of carbonyl (C=O) groups is 2. The summed E-state index contributed by atoms with van der Waals surface area (Å²) in [6.45, 7) is 2.99. The number of halogens is 3. The molecule has 26 heavy (non-hydrogen) atoms. The summed E-state index contributed by atoms with van der Waals surface area (Å²) in [7, 11) is 1.31. The smallest absolute Gasteiger partial charge is 0.374 e. The molecule has 0 saturated carbocycles. The van der Waals surface area contributed by atoms with E-state index in [4.69, 9.17) is 0 Å². The quantitative estimate of drug-likeness (QED) is 0.741. The van der Waals surface area contributed by atoms with E-state index in [9.17, 15) is 27.9 Å². The zero-order valence-corrected chi connectivity index (χ0v) is 14.7. The van der Waals surface area contributed by atoms with Crippen LogP contribution in [0.25, 0.3) is 0 Å². The predicted octanol–water partition coefficient (Wildman–Crippen LogP) is 0.935. The fourth-order valence-electron chi connectivity index (χ4n) is 2.99. The van der Waals surface area contributed by atoms with E-state index < -0.39 is 29.9 Å². The van der Waals surface area contributed by atoms with Gasteiger partial charge in [-0.1, -0.05) is 6.92 Å². The number of nitrogens with one attached hydrogen (secondary N) is 1. The highest BCUT2D eigenvalue weighted by molar-refractivity contribution is 5.78. The molecule has 0 spiro atoms. The Morgan fingerprint density at radius 1 is 1.46 bits per heavy atom. The van der Waals surface area contributed by atoms with Gasteiger partial charge in [0.05, 0.1) is 6.42 Å². The zero-order chi connectivity index (χ0) is 19.5. The van der Waals surface area contributed by atoms with E-state index in [1.54, 1.807) is 11.8 Å². The molecule has 1 saturated heterocycles. The van der Waals surface area contributed by atoms with E-state index in [2.05, 4.69) is 10.3 Å². The van der Waals surface area contributed by atoms with Crippen molar-refractivity contribution in [1.29, 1.82) is 0 Å². The van der Waals surface area contributed by atoms with Crippen LogP contribution in [0.1, 0.15) is 32.0 Å². The molecule has 0 bridgehead atoms. The van der Waals surface area contributed by atoms with Gasteiger partial charge < -0.3 is 19.9 Å². The second-order valence-electron chi connectivity index (χ2n) is 6.75. The number of rotatable bonds is 7. The normalized spacial score (nSPS) is 18.7. The molecule has 0 aliphatic carbocycles. The highest BCUT2D eigenvalue weighted by Crippen LogP contribution is 2.40. The van der Waals surface area contributed by atoms with Crippen LogP contribution >= 0.6 is 0 Å². The first-order chi connectivity index (χ1) is 12.0. The molecule has 146 valence electrons. The van der Waals surface area contributed by atoms with Crippen LogP contribution in [0.5, 0.6) is 0 Å². The molecular weight excluding hydrogens is 353 g/mol. The minimum atomic E-state index is -5.06. The van der Waals surface area contributed by atoms with Gasteiger partial charge in [0.1, 0.15) is 0 Å². The van der Waals surface area contributed by atoms with Crippen molar-refractivity contribution in [2.75, 3.05) is 19.6 Å². The number of nitrogens with zero attached hydrogens (tertiary/aromatic N) is 3. The summed E-state index contributed by atoms with van der Waals surface area (Å²) in [6.07, 6.45) is -2.56. The van der Waals surface area contributed by atoms with Crippen molar-refractivity contribution < 1.29 is 27.9 Å². The van der Waals surface area contributed by atoms with Gasteiger partial charge in [0.15, 0.2) is 5.82 Å². The van der Waals surface area contributed by atoms with Gasteiger partial charge in [-0.2, -0.15) is 13.2 Å². The van der Waals surface area contributed by atoms with Crippen LogP contribution in [0, 0.1) is 5.92 Å². The highest BCUT2D eigenvalue weighted by atomic mass is 19.4. The number of amides is 2. The molecular formula is C16H23F3N4O3. The van der Waals surface area contributed by atoms with Gasteiger partial charge in [-0.05, 0) is 12.3 Å². The van der Waals surface area contributed by atoms with E-state index >= 15 is 0 Å².